The third kappa shape index (κ3) is 2.26. The van der Waals surface area contributed by atoms with Gasteiger partial charge in [0.25, 0.3) is 0 Å². The molecular weight excluding hydrogens is 395 g/mol. The second-order valence-electron chi connectivity index (χ2n) is 5.38. The molecule has 1 saturated heterocycles. The van der Waals surface area contributed by atoms with E-state index in [9.17, 15) is 0 Å². The summed E-state index contributed by atoms with van der Waals surface area (Å²) in [4.78, 5) is 0. The fraction of sp³-hybridized carbons (Fsp3) is 0.467. The van der Waals surface area contributed by atoms with Crippen molar-refractivity contribution in [2.75, 3.05) is 13.2 Å². The molecule has 6 nitrogen and oxygen atoms in total. The zero-order valence-electron chi connectivity index (χ0n) is 12.3. The molecule has 0 amide bonds. The summed E-state index contributed by atoms with van der Waals surface area (Å²) in [6.45, 7) is 3.42. The van der Waals surface area contributed by atoms with Crippen LogP contribution < -0.4 is 4.74 Å². The van der Waals surface area contributed by atoms with Gasteiger partial charge in [-0.25, -0.2) is 9.20 Å². The van der Waals surface area contributed by atoms with Gasteiger partial charge in [-0.05, 0) is 60.9 Å². The fourth-order valence-electron chi connectivity index (χ4n) is 2.94. The molecule has 0 saturated carbocycles. The van der Waals surface area contributed by atoms with E-state index in [4.69, 9.17) is 14.6 Å². The van der Waals surface area contributed by atoms with Crippen LogP contribution in [-0.2, 0) is 4.74 Å². The highest BCUT2D eigenvalue weighted by Gasteiger charge is 2.23. The van der Waals surface area contributed by atoms with Gasteiger partial charge >= 0.3 is 0 Å². The van der Waals surface area contributed by atoms with Crippen LogP contribution in [0.15, 0.2) is 18.3 Å². The van der Waals surface area contributed by atoms with Crippen LogP contribution in [0.25, 0.3) is 16.6 Å². The molecule has 0 radical (unpaired) electrons. The number of halogens is 1. The summed E-state index contributed by atoms with van der Waals surface area (Å²) in [5.41, 5.74) is 1.93. The van der Waals surface area contributed by atoms with Gasteiger partial charge in [-0.1, -0.05) is 0 Å². The predicted molar refractivity (Wildman–Crippen MR) is 91.2 cm³/mol. The number of pyridine rings is 1. The van der Waals surface area contributed by atoms with E-state index in [-0.39, 0.29) is 6.23 Å². The monoisotopic (exact) mass is 412 g/mol. The number of hydrogen-bond donors (Lipinski definition) is 0. The summed E-state index contributed by atoms with van der Waals surface area (Å²) in [5.74, 6) is 0.823. The molecule has 0 N–H and O–H groups in total. The summed E-state index contributed by atoms with van der Waals surface area (Å²) >= 11 is 2.27. The maximum absolute atomic E-state index is 5.87. The van der Waals surface area contributed by atoms with Crippen molar-refractivity contribution < 1.29 is 9.47 Å². The van der Waals surface area contributed by atoms with Crippen LogP contribution in [0.5, 0.6) is 5.75 Å². The van der Waals surface area contributed by atoms with Gasteiger partial charge in [0.15, 0.2) is 11.9 Å². The molecular formula is C15H17IN4O2. The van der Waals surface area contributed by atoms with Gasteiger partial charge in [0.1, 0.15) is 9.45 Å². The SMILES string of the molecule is CCOc1ccc2c3c(I)nn(C4CCCCO4)c3nn2c1. The molecule has 0 bridgehead atoms. The third-order valence-corrected chi connectivity index (χ3v) is 4.70. The van der Waals surface area contributed by atoms with Crippen molar-refractivity contribution in [2.45, 2.75) is 32.4 Å². The standard InChI is InChI=1S/C15H17IN4O2/c1-2-21-10-6-7-11-13-14(16)17-20(12-5-3-4-8-22-12)15(13)18-19(11)9-10/h6-7,9,12H,2-5,8H2,1H3. The Morgan fingerprint density at radius 3 is 3.05 bits per heavy atom. The van der Waals surface area contributed by atoms with Crippen LogP contribution in [0.2, 0.25) is 0 Å². The lowest BCUT2D eigenvalue weighted by Crippen LogP contribution is -2.19. The van der Waals surface area contributed by atoms with Crippen molar-refractivity contribution in [1.82, 2.24) is 19.4 Å². The van der Waals surface area contributed by atoms with E-state index in [2.05, 4.69) is 27.7 Å². The van der Waals surface area contributed by atoms with Gasteiger partial charge in [0.05, 0.1) is 23.7 Å². The Balaban J connectivity index is 1.87. The molecule has 7 heteroatoms. The molecule has 116 valence electrons. The predicted octanol–water partition coefficient (Wildman–Crippen LogP) is 3.39. The number of nitrogens with zero attached hydrogens (tertiary/aromatic N) is 4. The van der Waals surface area contributed by atoms with Gasteiger partial charge in [-0.3, -0.25) is 0 Å². The van der Waals surface area contributed by atoms with E-state index >= 15 is 0 Å². The number of ether oxygens (including phenoxy) is 2. The van der Waals surface area contributed by atoms with Crippen LogP contribution in [0.1, 0.15) is 32.4 Å². The van der Waals surface area contributed by atoms with Crippen molar-refractivity contribution in [3.8, 4) is 5.75 Å². The van der Waals surface area contributed by atoms with Crippen LogP contribution in [-0.4, -0.2) is 32.6 Å². The Bertz CT molecular complexity index is 820. The van der Waals surface area contributed by atoms with Crippen molar-refractivity contribution in [3.05, 3.63) is 22.0 Å². The minimum atomic E-state index is -0.00367. The molecule has 4 rings (SSSR count). The molecule has 1 aliphatic rings. The van der Waals surface area contributed by atoms with Gasteiger partial charge < -0.3 is 9.47 Å². The lowest BCUT2D eigenvalue weighted by Gasteiger charge is -2.22. The van der Waals surface area contributed by atoms with Crippen molar-refractivity contribution in [3.63, 3.8) is 0 Å². The lowest BCUT2D eigenvalue weighted by molar-refractivity contribution is -0.0372. The summed E-state index contributed by atoms with van der Waals surface area (Å²) in [6.07, 6.45) is 5.20. The van der Waals surface area contributed by atoms with E-state index in [1.807, 2.05) is 34.5 Å². The Morgan fingerprint density at radius 2 is 2.27 bits per heavy atom. The van der Waals surface area contributed by atoms with E-state index in [1.165, 1.54) is 6.42 Å². The topological polar surface area (TPSA) is 53.6 Å². The van der Waals surface area contributed by atoms with Crippen LogP contribution in [0, 0.1) is 3.70 Å². The highest BCUT2D eigenvalue weighted by molar-refractivity contribution is 14.1. The summed E-state index contributed by atoms with van der Waals surface area (Å²) in [7, 11) is 0. The van der Waals surface area contributed by atoms with Crippen LogP contribution in [0.4, 0.5) is 0 Å². The first-order chi connectivity index (χ1) is 10.8. The first-order valence-corrected chi connectivity index (χ1v) is 8.66. The molecule has 0 aromatic carbocycles. The number of fused-ring (bicyclic) bond motifs is 3. The second-order valence-corrected chi connectivity index (χ2v) is 6.40. The first-order valence-electron chi connectivity index (χ1n) is 7.58. The van der Waals surface area contributed by atoms with E-state index in [1.54, 1.807) is 0 Å². The quantitative estimate of drug-likeness (QED) is 0.619. The smallest absolute Gasteiger partial charge is 0.184 e. The lowest BCUT2D eigenvalue weighted by atomic mass is 10.2. The zero-order chi connectivity index (χ0) is 15.1. The average Bonchev–Trinajstić information content (AvgIpc) is 3.06. The molecule has 4 heterocycles. The molecule has 3 aromatic heterocycles. The Morgan fingerprint density at radius 1 is 1.36 bits per heavy atom. The highest BCUT2D eigenvalue weighted by Crippen LogP contribution is 2.31. The number of rotatable bonds is 3. The third-order valence-electron chi connectivity index (χ3n) is 3.94. The molecule has 1 fully saturated rings. The molecule has 0 aliphatic carbocycles. The highest BCUT2D eigenvalue weighted by atomic mass is 127. The van der Waals surface area contributed by atoms with Gasteiger partial charge in [0, 0.05) is 6.61 Å². The zero-order valence-corrected chi connectivity index (χ0v) is 14.5. The van der Waals surface area contributed by atoms with E-state index in [0.717, 1.165) is 45.4 Å². The van der Waals surface area contributed by atoms with Crippen molar-refractivity contribution in [2.24, 2.45) is 0 Å². The number of hydrogen-bond acceptors (Lipinski definition) is 4. The largest absolute Gasteiger partial charge is 0.492 e. The first kappa shape index (κ1) is 14.3. The summed E-state index contributed by atoms with van der Waals surface area (Å²) in [6, 6.07) is 4.01. The maximum Gasteiger partial charge on any atom is 0.184 e. The second kappa shape index (κ2) is 5.69. The fourth-order valence-corrected chi connectivity index (χ4v) is 3.69. The molecule has 1 aliphatic heterocycles. The molecule has 1 unspecified atom stereocenters. The summed E-state index contributed by atoms with van der Waals surface area (Å²) < 4.78 is 16.2. The van der Waals surface area contributed by atoms with E-state index < -0.39 is 0 Å². The average molecular weight is 412 g/mol. The minimum Gasteiger partial charge on any atom is -0.492 e. The molecule has 22 heavy (non-hydrogen) atoms. The van der Waals surface area contributed by atoms with Gasteiger partial charge in [0.2, 0.25) is 0 Å². The van der Waals surface area contributed by atoms with Crippen LogP contribution in [0.3, 0.4) is 0 Å². The van der Waals surface area contributed by atoms with E-state index in [0.29, 0.717) is 6.61 Å². The molecule has 1 atom stereocenters. The molecule has 3 aromatic rings. The number of aromatic nitrogens is 4. The van der Waals surface area contributed by atoms with Gasteiger partial charge in [-0.2, -0.15) is 5.10 Å². The minimum absolute atomic E-state index is 0.00367. The van der Waals surface area contributed by atoms with Gasteiger partial charge in [-0.15, -0.1) is 5.10 Å². The van der Waals surface area contributed by atoms with Crippen molar-refractivity contribution >= 4 is 39.1 Å². The molecule has 0 spiro atoms. The maximum atomic E-state index is 5.87. The Kier molecular flexibility index (Phi) is 3.69. The Labute approximate surface area is 141 Å². The van der Waals surface area contributed by atoms with Crippen molar-refractivity contribution in [1.29, 1.82) is 0 Å². The normalized spacial score (nSPS) is 19.1. The van der Waals surface area contributed by atoms with Crippen LogP contribution >= 0.6 is 22.6 Å². The summed E-state index contributed by atoms with van der Waals surface area (Å²) in [5, 5.41) is 10.4. The Hall–Kier alpha value is -1.35.